The molecule has 1 fully saturated rings. The summed E-state index contributed by atoms with van der Waals surface area (Å²) in [5, 5.41) is 19.2. The van der Waals surface area contributed by atoms with E-state index in [0.717, 1.165) is 25.9 Å². The molecular formula is C32H34FIN4O3Si. The Morgan fingerprint density at radius 1 is 1.10 bits per heavy atom. The summed E-state index contributed by atoms with van der Waals surface area (Å²) in [7, 11) is -3.28. The monoisotopic (exact) mass is 696 g/mol. The fourth-order valence-electron chi connectivity index (χ4n) is 6.86. The highest BCUT2D eigenvalue weighted by atomic mass is 127. The first-order valence-corrected chi connectivity index (χ1v) is 18.3. The smallest absolute Gasteiger partial charge is 0.264 e. The molecule has 1 spiro atoms. The van der Waals surface area contributed by atoms with Gasteiger partial charge in [-0.1, -0.05) is 72.8 Å². The lowest BCUT2D eigenvalue weighted by Crippen LogP contribution is -2.45. The van der Waals surface area contributed by atoms with Crippen molar-refractivity contribution >= 4 is 42.6 Å². The van der Waals surface area contributed by atoms with Crippen LogP contribution >= 0.6 is 22.6 Å². The van der Waals surface area contributed by atoms with Gasteiger partial charge in [-0.25, -0.2) is 0 Å². The second-order valence-corrected chi connectivity index (χ2v) is 16.9. The van der Waals surface area contributed by atoms with Crippen LogP contribution in [0.15, 0.2) is 85.1 Å². The fourth-order valence-corrected chi connectivity index (χ4v) is 10.0. The van der Waals surface area contributed by atoms with Crippen molar-refractivity contribution < 1.29 is 18.7 Å². The van der Waals surface area contributed by atoms with Crippen LogP contribution in [0.5, 0.6) is 0 Å². The van der Waals surface area contributed by atoms with Gasteiger partial charge >= 0.3 is 0 Å². The molecule has 2 aliphatic heterocycles. The number of para-hydroxylation sites is 1. The third-order valence-corrected chi connectivity index (χ3v) is 11.8. The predicted molar refractivity (Wildman–Crippen MR) is 170 cm³/mol. The number of rotatable bonds is 8. The van der Waals surface area contributed by atoms with Gasteiger partial charge < -0.3 is 18.9 Å². The number of nitrogens with zero attached hydrogens (tertiary/aromatic N) is 4. The van der Waals surface area contributed by atoms with Gasteiger partial charge in [0.1, 0.15) is 11.8 Å². The van der Waals surface area contributed by atoms with Crippen molar-refractivity contribution in [3.63, 3.8) is 0 Å². The van der Waals surface area contributed by atoms with E-state index in [-0.39, 0.29) is 11.8 Å². The largest absolute Gasteiger partial charge is 0.382 e. The van der Waals surface area contributed by atoms with Gasteiger partial charge in [-0.15, -0.1) is 5.10 Å². The minimum atomic E-state index is -3.28. The van der Waals surface area contributed by atoms with Gasteiger partial charge in [-0.2, -0.15) is 0 Å². The summed E-state index contributed by atoms with van der Waals surface area (Å²) in [6, 6.07) is 25.2. The average Bonchev–Trinajstić information content (AvgIpc) is 3.63. The molecule has 4 aromatic rings. The van der Waals surface area contributed by atoms with Crippen molar-refractivity contribution in [3.8, 4) is 0 Å². The molecule has 0 aliphatic carbocycles. The lowest BCUT2D eigenvalue weighted by atomic mass is 9.82. The number of aliphatic hydroxyl groups excluding tert-OH is 1. The maximum atomic E-state index is 16.1. The molecule has 7 nitrogen and oxygen atoms in total. The molecule has 1 aromatic heterocycles. The second-order valence-electron chi connectivity index (χ2n) is 11.8. The summed E-state index contributed by atoms with van der Waals surface area (Å²) < 4.78 is 25.7. The second kappa shape index (κ2) is 11.3. The summed E-state index contributed by atoms with van der Waals surface area (Å²) in [5.74, 6) is -0.482. The van der Waals surface area contributed by atoms with Crippen LogP contribution in [0.4, 0.5) is 9.80 Å². The van der Waals surface area contributed by atoms with Crippen molar-refractivity contribution in [2.75, 3.05) is 4.90 Å². The van der Waals surface area contributed by atoms with Crippen molar-refractivity contribution in [2.45, 2.75) is 62.9 Å². The molecule has 1 N–H and O–H groups in total. The fraction of sp³-hybridized carbons (Fsp3) is 0.344. The number of halogens is 2. The van der Waals surface area contributed by atoms with E-state index in [2.05, 4.69) is 39.0 Å². The number of carbonyl (C=O) groups is 1. The summed E-state index contributed by atoms with van der Waals surface area (Å²) in [5.41, 5.74) is 2.20. The third-order valence-electron chi connectivity index (χ3n) is 8.69. The minimum absolute atomic E-state index is 0.130. The van der Waals surface area contributed by atoms with E-state index in [1.807, 2.05) is 79.7 Å². The molecule has 0 unspecified atom stereocenters. The number of aryl methyl sites for hydroxylation is 1. The normalized spacial score (nSPS) is 24.4. The van der Waals surface area contributed by atoms with E-state index in [0.29, 0.717) is 25.2 Å². The Morgan fingerprint density at radius 2 is 1.83 bits per heavy atom. The number of benzene rings is 3. The standard InChI is InChI=1S/C32H34FIN4O3Si/c1-21-30(42(2,3)33)28(16-17-37-20-26(35-36-37)29(39)23-11-5-4-6-12-23)41-32(21)25-14-7-8-15-27(25)38(31(32)40)19-22-10-9-13-24(34)18-22/h4-15,18,20-21,28-30,39H,16-17,19H2,1-3H3/t21-,28+,29+,30-,32+/m0/s1. The zero-order valence-electron chi connectivity index (χ0n) is 23.8. The number of hydrogen-bond donors (Lipinski definition) is 1. The molecule has 1 saturated heterocycles. The summed E-state index contributed by atoms with van der Waals surface area (Å²) in [4.78, 5) is 16.2. The molecule has 10 heteroatoms. The van der Waals surface area contributed by atoms with E-state index < -0.39 is 31.8 Å². The SMILES string of the molecule is C[C@H]1[C@H]([Si](C)(C)F)[C@@H](CCn2cc([C@H](O)c3ccccc3)nn2)O[C@]12C(=O)N(Cc1cccc(I)c1)c1ccccc12. The van der Waals surface area contributed by atoms with Gasteiger partial charge in [0.25, 0.3) is 5.91 Å². The molecule has 5 atom stereocenters. The number of carbonyl (C=O) groups excluding carboxylic acids is 1. The first-order valence-electron chi connectivity index (χ1n) is 14.3. The van der Waals surface area contributed by atoms with Gasteiger partial charge in [-0.3, -0.25) is 9.48 Å². The Bertz CT molecular complexity index is 1600. The van der Waals surface area contributed by atoms with Crippen LogP contribution in [0.2, 0.25) is 18.6 Å². The molecule has 2 aliphatic rings. The first kappa shape index (κ1) is 29.2. The van der Waals surface area contributed by atoms with Crippen LogP contribution in [0.25, 0.3) is 0 Å². The highest BCUT2D eigenvalue weighted by Crippen LogP contribution is 2.60. The molecule has 3 aromatic carbocycles. The maximum absolute atomic E-state index is 16.1. The highest BCUT2D eigenvalue weighted by Gasteiger charge is 2.66. The number of anilines is 1. The third kappa shape index (κ3) is 5.12. The number of hydrogen-bond acceptors (Lipinski definition) is 5. The summed E-state index contributed by atoms with van der Waals surface area (Å²) >= 11 is 2.28. The predicted octanol–water partition coefficient (Wildman–Crippen LogP) is 6.38. The minimum Gasteiger partial charge on any atom is -0.382 e. The van der Waals surface area contributed by atoms with Crippen LogP contribution in [-0.2, 0) is 28.2 Å². The number of aliphatic hydroxyl groups is 1. The zero-order valence-corrected chi connectivity index (χ0v) is 27.0. The number of fused-ring (bicyclic) bond motifs is 2. The van der Waals surface area contributed by atoms with Crippen LogP contribution in [0, 0.1) is 9.49 Å². The Kier molecular flexibility index (Phi) is 7.84. The summed E-state index contributed by atoms with van der Waals surface area (Å²) in [6.07, 6.45) is 0.821. The van der Waals surface area contributed by atoms with E-state index in [1.54, 1.807) is 28.9 Å². The highest BCUT2D eigenvalue weighted by molar-refractivity contribution is 14.1. The van der Waals surface area contributed by atoms with Gasteiger partial charge in [0.2, 0.25) is 8.41 Å². The van der Waals surface area contributed by atoms with E-state index in [4.69, 9.17) is 4.74 Å². The Balaban J connectivity index is 1.28. The van der Waals surface area contributed by atoms with Gasteiger partial charge in [0, 0.05) is 27.1 Å². The average molecular weight is 697 g/mol. The quantitative estimate of drug-likeness (QED) is 0.132. The van der Waals surface area contributed by atoms with E-state index in [1.165, 1.54) is 0 Å². The molecule has 0 saturated carbocycles. The number of ether oxygens (including phenoxy) is 1. The number of amides is 1. The Morgan fingerprint density at radius 3 is 2.57 bits per heavy atom. The molecule has 0 radical (unpaired) electrons. The van der Waals surface area contributed by atoms with Crippen LogP contribution in [0.3, 0.4) is 0 Å². The van der Waals surface area contributed by atoms with Crippen LogP contribution in [-0.4, -0.2) is 40.5 Å². The van der Waals surface area contributed by atoms with Gasteiger partial charge in [0.15, 0.2) is 5.60 Å². The van der Waals surface area contributed by atoms with Crippen molar-refractivity contribution in [1.29, 1.82) is 0 Å². The molecule has 3 heterocycles. The number of aromatic nitrogens is 3. The Labute approximate surface area is 260 Å². The van der Waals surface area contributed by atoms with E-state index in [9.17, 15) is 9.90 Å². The molecule has 42 heavy (non-hydrogen) atoms. The van der Waals surface area contributed by atoms with Crippen molar-refractivity contribution in [2.24, 2.45) is 5.92 Å². The van der Waals surface area contributed by atoms with Crippen molar-refractivity contribution in [1.82, 2.24) is 15.0 Å². The van der Waals surface area contributed by atoms with Crippen LogP contribution in [0.1, 0.15) is 41.8 Å². The molecule has 1 amide bonds. The molecule has 218 valence electrons. The van der Waals surface area contributed by atoms with Crippen LogP contribution < -0.4 is 4.90 Å². The van der Waals surface area contributed by atoms with E-state index >= 15 is 4.11 Å². The summed E-state index contributed by atoms with van der Waals surface area (Å²) in [6.45, 7) is 6.24. The maximum Gasteiger partial charge on any atom is 0.264 e. The van der Waals surface area contributed by atoms with Gasteiger partial charge in [-0.05, 0) is 71.4 Å². The lowest BCUT2D eigenvalue weighted by molar-refractivity contribution is -0.146. The topological polar surface area (TPSA) is 80.5 Å². The van der Waals surface area contributed by atoms with Gasteiger partial charge in [0.05, 0.1) is 24.5 Å². The molecule has 0 bridgehead atoms. The lowest BCUT2D eigenvalue weighted by Gasteiger charge is -2.31. The Hall–Kier alpha value is -2.93. The zero-order chi connectivity index (χ0) is 29.6. The van der Waals surface area contributed by atoms with Crippen molar-refractivity contribution in [3.05, 3.63) is 111 Å². The molecule has 6 rings (SSSR count). The first-order chi connectivity index (χ1) is 20.1. The molecular weight excluding hydrogens is 662 g/mol.